The van der Waals surface area contributed by atoms with Crippen LogP contribution in [-0.4, -0.2) is 15.2 Å². The van der Waals surface area contributed by atoms with Crippen LogP contribution in [0, 0.1) is 0 Å². The summed E-state index contributed by atoms with van der Waals surface area (Å²) in [7, 11) is 0. The minimum atomic E-state index is 0.467. The number of para-hydroxylation sites is 1. The molecule has 0 bridgehead atoms. The van der Waals surface area contributed by atoms with E-state index in [0.29, 0.717) is 18.5 Å². The van der Waals surface area contributed by atoms with E-state index in [1.807, 2.05) is 12.1 Å². The summed E-state index contributed by atoms with van der Waals surface area (Å²) < 4.78 is 5.57. The molecule has 0 spiro atoms. The Morgan fingerprint density at radius 2 is 2.05 bits per heavy atom. The molecule has 1 N–H and O–H groups in total. The van der Waals surface area contributed by atoms with Crippen molar-refractivity contribution in [2.24, 2.45) is 0 Å². The molecule has 5 nitrogen and oxygen atoms in total. The van der Waals surface area contributed by atoms with Crippen molar-refractivity contribution >= 4 is 16.9 Å². The molecule has 21 heavy (non-hydrogen) atoms. The molecule has 0 unspecified atom stereocenters. The maximum atomic E-state index is 5.57. The van der Waals surface area contributed by atoms with E-state index in [9.17, 15) is 0 Å². The van der Waals surface area contributed by atoms with Gasteiger partial charge in [-0.05, 0) is 18.1 Å². The van der Waals surface area contributed by atoms with Gasteiger partial charge in [0.05, 0.1) is 5.52 Å². The average molecular weight is 282 g/mol. The van der Waals surface area contributed by atoms with Crippen molar-refractivity contribution in [2.45, 2.75) is 32.7 Å². The van der Waals surface area contributed by atoms with Crippen molar-refractivity contribution < 1.29 is 4.42 Å². The van der Waals surface area contributed by atoms with Crippen LogP contribution in [0.15, 0.2) is 40.9 Å². The molecule has 0 saturated heterocycles. The summed E-state index contributed by atoms with van der Waals surface area (Å²) in [4.78, 5) is 4.43. The summed E-state index contributed by atoms with van der Waals surface area (Å²) in [5, 5.41) is 12.3. The van der Waals surface area contributed by atoms with Gasteiger partial charge in [-0.15, -0.1) is 5.10 Å². The molecule has 2 aromatic heterocycles. The first-order valence-corrected chi connectivity index (χ1v) is 7.25. The zero-order valence-corrected chi connectivity index (χ0v) is 12.0. The van der Waals surface area contributed by atoms with Crippen LogP contribution in [0.4, 0.5) is 6.01 Å². The Labute approximate surface area is 123 Å². The molecule has 1 aromatic carbocycles. The number of nitrogens with one attached hydrogen (secondary N) is 1. The Morgan fingerprint density at radius 1 is 1.14 bits per heavy atom. The van der Waals surface area contributed by atoms with Gasteiger partial charge in [-0.2, -0.15) is 0 Å². The molecule has 0 aliphatic carbocycles. The molecule has 108 valence electrons. The van der Waals surface area contributed by atoms with Crippen molar-refractivity contribution in [2.75, 3.05) is 5.32 Å². The van der Waals surface area contributed by atoms with Gasteiger partial charge in [0.2, 0.25) is 5.89 Å². The fraction of sp³-hybridized carbons (Fsp3) is 0.312. The standard InChI is InChI=1S/C16H18N4O/c1-2-3-9-14-19-20-16(21-14)18-11-13-7-4-6-12-8-5-10-17-15(12)13/h4-8,10H,2-3,9,11H2,1H3,(H,18,20). The lowest BCUT2D eigenvalue weighted by Crippen LogP contribution is -2.01. The van der Waals surface area contributed by atoms with Crippen LogP contribution in [-0.2, 0) is 13.0 Å². The van der Waals surface area contributed by atoms with Crippen molar-refractivity contribution in [1.29, 1.82) is 0 Å². The molecule has 3 aromatic rings. The van der Waals surface area contributed by atoms with Gasteiger partial charge >= 0.3 is 6.01 Å². The second-order valence-electron chi connectivity index (χ2n) is 4.95. The maximum absolute atomic E-state index is 5.57. The van der Waals surface area contributed by atoms with E-state index < -0.39 is 0 Å². The van der Waals surface area contributed by atoms with Gasteiger partial charge in [-0.25, -0.2) is 0 Å². The quantitative estimate of drug-likeness (QED) is 0.748. The Kier molecular flexibility index (Phi) is 4.09. The highest BCUT2D eigenvalue weighted by molar-refractivity contribution is 5.81. The molecular weight excluding hydrogens is 264 g/mol. The lowest BCUT2D eigenvalue weighted by molar-refractivity contribution is 0.495. The predicted octanol–water partition coefficient (Wildman–Crippen LogP) is 3.57. The Hall–Kier alpha value is -2.43. The highest BCUT2D eigenvalue weighted by Gasteiger charge is 2.06. The van der Waals surface area contributed by atoms with E-state index in [1.165, 1.54) is 0 Å². The lowest BCUT2D eigenvalue weighted by atomic mass is 10.1. The lowest BCUT2D eigenvalue weighted by Gasteiger charge is -2.05. The molecule has 0 radical (unpaired) electrons. The minimum absolute atomic E-state index is 0.467. The summed E-state index contributed by atoms with van der Waals surface area (Å²) >= 11 is 0. The molecule has 2 heterocycles. The maximum Gasteiger partial charge on any atom is 0.315 e. The third-order valence-electron chi connectivity index (χ3n) is 3.36. The number of benzene rings is 1. The van der Waals surface area contributed by atoms with Gasteiger partial charge < -0.3 is 9.73 Å². The van der Waals surface area contributed by atoms with Gasteiger partial charge in [-0.1, -0.05) is 42.7 Å². The smallest absolute Gasteiger partial charge is 0.315 e. The zero-order chi connectivity index (χ0) is 14.5. The number of anilines is 1. The topological polar surface area (TPSA) is 63.8 Å². The summed E-state index contributed by atoms with van der Waals surface area (Å²) in [5.74, 6) is 0.690. The molecule has 0 fully saturated rings. The fourth-order valence-corrected chi connectivity index (χ4v) is 2.23. The van der Waals surface area contributed by atoms with Gasteiger partial charge in [-0.3, -0.25) is 4.98 Å². The SMILES string of the molecule is CCCCc1nnc(NCc2cccc3cccnc23)o1. The molecule has 0 saturated carbocycles. The van der Waals surface area contributed by atoms with Gasteiger partial charge in [0, 0.05) is 24.5 Å². The number of aromatic nitrogens is 3. The summed E-state index contributed by atoms with van der Waals surface area (Å²) in [6, 6.07) is 10.6. The Morgan fingerprint density at radius 3 is 2.95 bits per heavy atom. The van der Waals surface area contributed by atoms with Crippen LogP contribution >= 0.6 is 0 Å². The summed E-state index contributed by atoms with van der Waals surface area (Å²) in [6.45, 7) is 2.76. The number of pyridine rings is 1. The van der Waals surface area contributed by atoms with Crippen molar-refractivity contribution in [1.82, 2.24) is 15.2 Å². The van der Waals surface area contributed by atoms with E-state index in [-0.39, 0.29) is 0 Å². The molecule has 0 aliphatic heterocycles. The zero-order valence-electron chi connectivity index (χ0n) is 12.0. The highest BCUT2D eigenvalue weighted by Crippen LogP contribution is 2.17. The normalized spacial score (nSPS) is 10.9. The van der Waals surface area contributed by atoms with Crippen LogP contribution in [0.3, 0.4) is 0 Å². The molecular formula is C16H18N4O. The van der Waals surface area contributed by atoms with Gasteiger partial charge in [0.1, 0.15) is 0 Å². The summed E-state index contributed by atoms with van der Waals surface area (Å²) in [5.41, 5.74) is 2.11. The van der Waals surface area contributed by atoms with E-state index >= 15 is 0 Å². The Bertz CT molecular complexity index is 718. The number of unbranched alkanes of at least 4 members (excludes halogenated alkanes) is 1. The average Bonchev–Trinajstić information content (AvgIpc) is 2.99. The fourth-order valence-electron chi connectivity index (χ4n) is 2.23. The van der Waals surface area contributed by atoms with Crippen LogP contribution in [0.2, 0.25) is 0 Å². The van der Waals surface area contributed by atoms with Crippen LogP contribution in [0.5, 0.6) is 0 Å². The number of aryl methyl sites for hydroxylation is 1. The van der Waals surface area contributed by atoms with E-state index in [0.717, 1.165) is 35.7 Å². The van der Waals surface area contributed by atoms with Crippen LogP contribution in [0.25, 0.3) is 10.9 Å². The molecule has 0 aliphatic rings. The van der Waals surface area contributed by atoms with Gasteiger partial charge in [0.15, 0.2) is 0 Å². The van der Waals surface area contributed by atoms with Crippen molar-refractivity contribution in [3.8, 4) is 0 Å². The number of rotatable bonds is 6. The summed E-state index contributed by atoms with van der Waals surface area (Å²) in [6.07, 6.45) is 4.82. The first kappa shape index (κ1) is 13.5. The molecule has 0 atom stereocenters. The van der Waals surface area contributed by atoms with Crippen LogP contribution < -0.4 is 5.32 Å². The first-order chi connectivity index (χ1) is 10.4. The molecule has 5 heteroatoms. The largest absolute Gasteiger partial charge is 0.408 e. The molecule has 0 amide bonds. The van der Waals surface area contributed by atoms with E-state index in [2.05, 4.69) is 45.6 Å². The van der Waals surface area contributed by atoms with Crippen LogP contribution in [0.1, 0.15) is 31.2 Å². The predicted molar refractivity (Wildman–Crippen MR) is 82.0 cm³/mol. The number of hydrogen-bond acceptors (Lipinski definition) is 5. The van der Waals surface area contributed by atoms with Gasteiger partial charge in [0.25, 0.3) is 0 Å². The second kappa shape index (κ2) is 6.35. The monoisotopic (exact) mass is 282 g/mol. The van der Waals surface area contributed by atoms with Crippen molar-refractivity contribution in [3.63, 3.8) is 0 Å². The first-order valence-electron chi connectivity index (χ1n) is 7.25. The van der Waals surface area contributed by atoms with E-state index in [4.69, 9.17) is 4.42 Å². The second-order valence-corrected chi connectivity index (χ2v) is 4.95. The molecule has 3 rings (SSSR count). The van der Waals surface area contributed by atoms with E-state index in [1.54, 1.807) is 6.20 Å². The number of fused-ring (bicyclic) bond motifs is 1. The minimum Gasteiger partial charge on any atom is -0.408 e. The highest BCUT2D eigenvalue weighted by atomic mass is 16.4. The third-order valence-corrected chi connectivity index (χ3v) is 3.36. The van der Waals surface area contributed by atoms with Crippen molar-refractivity contribution in [3.05, 3.63) is 48.0 Å². The third kappa shape index (κ3) is 3.18. The number of hydrogen-bond donors (Lipinski definition) is 1. The Balaban J connectivity index is 1.70. The number of nitrogens with zero attached hydrogens (tertiary/aromatic N) is 3.